The molecule has 0 fully saturated rings. The average Bonchev–Trinajstić information content (AvgIpc) is 2.63. The summed E-state index contributed by atoms with van der Waals surface area (Å²) in [4.78, 5) is 20.9. The third-order valence-corrected chi connectivity index (χ3v) is 2.82. The van der Waals surface area contributed by atoms with E-state index in [0.29, 0.717) is 0 Å². The van der Waals surface area contributed by atoms with Crippen LogP contribution in [0.3, 0.4) is 0 Å². The van der Waals surface area contributed by atoms with E-state index in [1.54, 1.807) is 18.1 Å². The predicted octanol–water partition coefficient (Wildman–Crippen LogP) is 3.49. The van der Waals surface area contributed by atoms with Crippen LogP contribution >= 0.6 is 15.9 Å². The molecule has 102 valence electrons. The first kappa shape index (κ1) is 15.0. The van der Waals surface area contributed by atoms with Gasteiger partial charge < -0.3 is 14.6 Å². The summed E-state index contributed by atoms with van der Waals surface area (Å²) in [5.74, 6) is 0.748. The zero-order valence-electron chi connectivity index (χ0n) is 11.5. The Kier molecular flexibility index (Phi) is 4.78. The molecule has 1 N–H and O–H groups in total. The number of rotatable bonds is 3. The quantitative estimate of drug-likeness (QED) is 0.928. The van der Waals surface area contributed by atoms with Crippen LogP contribution < -0.4 is 0 Å². The highest BCUT2D eigenvalue weighted by atomic mass is 79.9. The zero-order valence-corrected chi connectivity index (χ0v) is 13.0. The molecule has 1 rings (SSSR count). The molecule has 5 nitrogen and oxygen atoms in total. The molecule has 0 radical (unpaired) electrons. The van der Waals surface area contributed by atoms with Gasteiger partial charge >= 0.3 is 6.09 Å². The van der Waals surface area contributed by atoms with E-state index < -0.39 is 5.60 Å². The Balaban J connectivity index is 2.80. The fourth-order valence-electron chi connectivity index (χ4n) is 1.59. The second-order valence-corrected chi connectivity index (χ2v) is 5.99. The zero-order chi connectivity index (χ0) is 13.9. The number of nitrogens with zero attached hydrogens (tertiary/aromatic N) is 2. The number of hydrogen-bond acceptors (Lipinski definition) is 3. The van der Waals surface area contributed by atoms with Gasteiger partial charge in [0.2, 0.25) is 0 Å². The van der Waals surface area contributed by atoms with Crippen LogP contribution in [0, 0.1) is 0 Å². The minimum absolute atomic E-state index is 0.119. The van der Waals surface area contributed by atoms with E-state index in [4.69, 9.17) is 4.74 Å². The highest BCUT2D eigenvalue weighted by Gasteiger charge is 2.26. The average molecular weight is 318 g/mol. The van der Waals surface area contributed by atoms with E-state index in [0.717, 1.165) is 16.8 Å². The second kappa shape index (κ2) is 5.73. The summed E-state index contributed by atoms with van der Waals surface area (Å²) in [6.07, 6.45) is 2.10. The first-order chi connectivity index (χ1) is 8.24. The van der Waals surface area contributed by atoms with Crippen molar-refractivity contribution in [3.8, 4) is 0 Å². The van der Waals surface area contributed by atoms with E-state index in [9.17, 15) is 4.79 Å². The number of H-pyrrole nitrogens is 1. The van der Waals surface area contributed by atoms with Crippen LogP contribution in [0.5, 0.6) is 0 Å². The van der Waals surface area contributed by atoms with E-state index >= 15 is 0 Å². The molecule has 1 atom stereocenters. The number of aromatic amines is 1. The SMILES string of the molecule is CCC(c1ncc(Br)[nH]1)N(C)C(=O)OC(C)(C)C. The fraction of sp³-hybridized carbons (Fsp3) is 0.667. The Morgan fingerprint density at radius 2 is 2.22 bits per heavy atom. The number of imidazole rings is 1. The molecular weight excluding hydrogens is 298 g/mol. The third-order valence-electron chi connectivity index (χ3n) is 2.42. The molecule has 6 heteroatoms. The molecule has 0 aliphatic rings. The van der Waals surface area contributed by atoms with E-state index in [1.807, 2.05) is 27.7 Å². The Bertz CT molecular complexity index is 412. The first-order valence-electron chi connectivity index (χ1n) is 5.90. The van der Waals surface area contributed by atoms with Crippen LogP contribution in [0.4, 0.5) is 4.79 Å². The Morgan fingerprint density at radius 1 is 1.61 bits per heavy atom. The summed E-state index contributed by atoms with van der Waals surface area (Å²) in [6.45, 7) is 7.55. The van der Waals surface area contributed by atoms with Crippen molar-refractivity contribution in [2.45, 2.75) is 45.8 Å². The van der Waals surface area contributed by atoms with Crippen molar-refractivity contribution in [2.75, 3.05) is 7.05 Å². The molecule has 18 heavy (non-hydrogen) atoms. The third kappa shape index (κ3) is 4.01. The minimum atomic E-state index is -0.493. The van der Waals surface area contributed by atoms with Gasteiger partial charge in [0.25, 0.3) is 0 Å². The molecule has 1 aromatic heterocycles. The maximum Gasteiger partial charge on any atom is 0.410 e. The van der Waals surface area contributed by atoms with Gasteiger partial charge in [-0.1, -0.05) is 6.92 Å². The van der Waals surface area contributed by atoms with Crippen LogP contribution in [-0.2, 0) is 4.74 Å². The molecule has 0 spiro atoms. The summed E-state index contributed by atoms with van der Waals surface area (Å²) in [7, 11) is 1.72. The van der Waals surface area contributed by atoms with Crippen LogP contribution in [0.25, 0.3) is 0 Å². The van der Waals surface area contributed by atoms with Crippen LogP contribution in [-0.4, -0.2) is 33.6 Å². The van der Waals surface area contributed by atoms with Gasteiger partial charge in [-0.15, -0.1) is 0 Å². The predicted molar refractivity (Wildman–Crippen MR) is 73.3 cm³/mol. The highest BCUT2D eigenvalue weighted by Crippen LogP contribution is 2.23. The van der Waals surface area contributed by atoms with Gasteiger partial charge in [-0.2, -0.15) is 0 Å². The van der Waals surface area contributed by atoms with Crippen LogP contribution in [0.2, 0.25) is 0 Å². The molecular formula is C12H20BrN3O2. The molecule has 0 aliphatic heterocycles. The molecule has 0 saturated carbocycles. The van der Waals surface area contributed by atoms with E-state index in [1.165, 1.54) is 0 Å². The van der Waals surface area contributed by atoms with Crippen LogP contribution in [0.1, 0.15) is 46.0 Å². The molecule has 1 amide bonds. The van der Waals surface area contributed by atoms with Gasteiger partial charge in [-0.25, -0.2) is 9.78 Å². The summed E-state index contributed by atoms with van der Waals surface area (Å²) in [6, 6.07) is -0.119. The first-order valence-corrected chi connectivity index (χ1v) is 6.70. The molecule has 0 saturated heterocycles. The van der Waals surface area contributed by atoms with Crippen molar-refractivity contribution in [1.82, 2.24) is 14.9 Å². The number of carbonyl (C=O) groups excluding carboxylic acids is 1. The number of ether oxygens (including phenoxy) is 1. The maximum absolute atomic E-state index is 12.0. The normalized spacial score (nSPS) is 13.2. The maximum atomic E-state index is 12.0. The van der Waals surface area contributed by atoms with Gasteiger partial charge in [-0.3, -0.25) is 0 Å². The second-order valence-electron chi connectivity index (χ2n) is 5.13. The van der Waals surface area contributed by atoms with Crippen molar-refractivity contribution in [3.05, 3.63) is 16.6 Å². The van der Waals surface area contributed by atoms with E-state index in [-0.39, 0.29) is 12.1 Å². The number of nitrogens with one attached hydrogen (secondary N) is 1. The van der Waals surface area contributed by atoms with Crippen molar-refractivity contribution >= 4 is 22.0 Å². The lowest BCUT2D eigenvalue weighted by Gasteiger charge is -2.29. The summed E-state index contributed by atoms with van der Waals surface area (Å²) >= 11 is 3.31. The highest BCUT2D eigenvalue weighted by molar-refractivity contribution is 9.10. The van der Waals surface area contributed by atoms with Crippen molar-refractivity contribution in [1.29, 1.82) is 0 Å². The molecule has 1 heterocycles. The minimum Gasteiger partial charge on any atom is -0.444 e. The van der Waals surface area contributed by atoms with Crippen molar-refractivity contribution < 1.29 is 9.53 Å². The molecule has 0 aromatic carbocycles. The number of halogens is 1. The van der Waals surface area contributed by atoms with Crippen LogP contribution in [0.15, 0.2) is 10.8 Å². The Morgan fingerprint density at radius 3 is 2.61 bits per heavy atom. The molecule has 1 aromatic rings. The lowest BCUT2D eigenvalue weighted by atomic mass is 10.2. The van der Waals surface area contributed by atoms with Gasteiger partial charge in [0, 0.05) is 7.05 Å². The number of amides is 1. The van der Waals surface area contributed by atoms with Gasteiger partial charge in [0.15, 0.2) is 0 Å². The number of aromatic nitrogens is 2. The van der Waals surface area contributed by atoms with E-state index in [2.05, 4.69) is 25.9 Å². The lowest BCUT2D eigenvalue weighted by molar-refractivity contribution is 0.0208. The Hall–Kier alpha value is -1.04. The topological polar surface area (TPSA) is 58.2 Å². The molecule has 0 aliphatic carbocycles. The summed E-state index contributed by atoms with van der Waals surface area (Å²) in [5.41, 5.74) is -0.493. The van der Waals surface area contributed by atoms with Gasteiger partial charge in [0.05, 0.1) is 12.2 Å². The molecule has 1 unspecified atom stereocenters. The molecule has 0 bridgehead atoms. The lowest BCUT2D eigenvalue weighted by Crippen LogP contribution is -2.36. The van der Waals surface area contributed by atoms with Crippen molar-refractivity contribution in [3.63, 3.8) is 0 Å². The largest absolute Gasteiger partial charge is 0.444 e. The van der Waals surface area contributed by atoms with Gasteiger partial charge in [0.1, 0.15) is 16.0 Å². The summed E-state index contributed by atoms with van der Waals surface area (Å²) in [5, 5.41) is 0. The Labute approximate surface area is 116 Å². The van der Waals surface area contributed by atoms with Gasteiger partial charge in [-0.05, 0) is 43.1 Å². The smallest absolute Gasteiger partial charge is 0.410 e. The summed E-state index contributed by atoms with van der Waals surface area (Å²) < 4.78 is 6.14. The monoisotopic (exact) mass is 317 g/mol. The van der Waals surface area contributed by atoms with Crippen molar-refractivity contribution in [2.24, 2.45) is 0 Å². The standard InChI is InChI=1S/C12H20BrN3O2/c1-6-8(10-14-7-9(13)15-10)16(5)11(17)18-12(2,3)4/h7-8H,6H2,1-5H3,(H,14,15). The number of hydrogen-bond donors (Lipinski definition) is 1. The fourth-order valence-corrected chi connectivity index (χ4v) is 1.90. The number of carbonyl (C=O) groups is 1.